The summed E-state index contributed by atoms with van der Waals surface area (Å²) >= 11 is 3.75. The van der Waals surface area contributed by atoms with E-state index in [2.05, 4.69) is 34.7 Å². The van der Waals surface area contributed by atoms with Crippen LogP contribution in [-0.4, -0.2) is 34.4 Å². The van der Waals surface area contributed by atoms with Crippen LogP contribution in [0.25, 0.3) is 0 Å². The number of nitrogens with one attached hydrogen (secondary N) is 2. The number of benzene rings is 1. The summed E-state index contributed by atoms with van der Waals surface area (Å²) in [5.41, 5.74) is 1.61. The maximum Gasteiger partial charge on any atom is 0.341 e. The highest BCUT2D eigenvalue weighted by atomic mass is 32.2. The number of carbonyl (C=O) groups excluding carboxylic acids is 2. The number of carbonyl (C=O) groups is 2. The SMILES string of the molecule is CCOC(=O)c1c(CC(C)C)csc1NC(=O)CSc1nnc(Nc2ccccc2F)s1. The third-order valence-corrected chi connectivity index (χ3v) is 6.99. The van der Waals surface area contributed by atoms with Gasteiger partial charge < -0.3 is 15.4 Å². The van der Waals surface area contributed by atoms with Gasteiger partial charge in [0.1, 0.15) is 10.8 Å². The van der Waals surface area contributed by atoms with Crippen LogP contribution in [-0.2, 0) is 16.0 Å². The van der Waals surface area contributed by atoms with Gasteiger partial charge in [-0.2, -0.15) is 0 Å². The largest absolute Gasteiger partial charge is 0.462 e. The first-order chi connectivity index (χ1) is 15.4. The molecule has 1 amide bonds. The standard InChI is InChI=1S/C21H23FN4O3S3/c1-4-29-19(28)17-13(9-12(2)3)10-30-18(17)24-16(27)11-31-21-26-25-20(32-21)23-15-8-6-5-7-14(15)22/h5-8,10,12H,4,9,11H2,1-3H3,(H,23,25)(H,24,27). The van der Waals surface area contributed by atoms with Gasteiger partial charge in [0.05, 0.1) is 23.6 Å². The highest BCUT2D eigenvalue weighted by molar-refractivity contribution is 8.01. The Kier molecular flexibility index (Phi) is 8.60. The van der Waals surface area contributed by atoms with E-state index in [9.17, 15) is 14.0 Å². The van der Waals surface area contributed by atoms with Gasteiger partial charge in [-0.3, -0.25) is 4.79 Å². The minimum atomic E-state index is -0.430. The Morgan fingerprint density at radius 3 is 2.75 bits per heavy atom. The van der Waals surface area contributed by atoms with E-state index in [4.69, 9.17) is 4.74 Å². The van der Waals surface area contributed by atoms with Crippen molar-refractivity contribution in [1.82, 2.24) is 10.2 Å². The summed E-state index contributed by atoms with van der Waals surface area (Å²) < 4.78 is 19.5. The van der Waals surface area contributed by atoms with Gasteiger partial charge >= 0.3 is 5.97 Å². The number of anilines is 3. The zero-order valence-electron chi connectivity index (χ0n) is 17.8. The molecule has 7 nitrogen and oxygen atoms in total. The quantitative estimate of drug-likeness (QED) is 0.280. The molecule has 0 aliphatic heterocycles. The van der Waals surface area contributed by atoms with Crippen molar-refractivity contribution in [3.05, 3.63) is 46.6 Å². The monoisotopic (exact) mass is 494 g/mol. The van der Waals surface area contributed by atoms with E-state index in [-0.39, 0.29) is 24.1 Å². The summed E-state index contributed by atoms with van der Waals surface area (Å²) in [5.74, 6) is -0.630. The molecule has 3 rings (SSSR count). The molecule has 0 unspecified atom stereocenters. The number of rotatable bonds is 10. The van der Waals surface area contributed by atoms with Crippen molar-refractivity contribution in [3.8, 4) is 0 Å². The first-order valence-corrected chi connectivity index (χ1v) is 12.6. The Bertz CT molecular complexity index is 1080. The fraction of sp³-hybridized carbons (Fsp3) is 0.333. The first-order valence-electron chi connectivity index (χ1n) is 9.92. The molecule has 0 saturated carbocycles. The lowest BCUT2D eigenvalue weighted by molar-refractivity contribution is -0.113. The maximum atomic E-state index is 13.8. The third-order valence-electron chi connectivity index (χ3n) is 4.08. The summed E-state index contributed by atoms with van der Waals surface area (Å²) in [6.45, 7) is 6.15. The van der Waals surface area contributed by atoms with Crippen LogP contribution in [0.5, 0.6) is 0 Å². The molecule has 0 aliphatic carbocycles. The molecule has 0 atom stereocenters. The fourth-order valence-electron chi connectivity index (χ4n) is 2.79. The predicted octanol–water partition coefficient (Wildman–Crippen LogP) is 5.59. The topological polar surface area (TPSA) is 93.2 Å². The van der Waals surface area contributed by atoms with Crippen LogP contribution in [0, 0.1) is 11.7 Å². The molecule has 0 radical (unpaired) electrons. The number of hydrogen-bond acceptors (Lipinski definition) is 9. The molecule has 0 fully saturated rings. The van der Waals surface area contributed by atoms with Crippen LogP contribution in [0.2, 0.25) is 0 Å². The van der Waals surface area contributed by atoms with Gasteiger partial charge in [0, 0.05) is 0 Å². The average molecular weight is 495 g/mol. The van der Waals surface area contributed by atoms with E-state index in [1.807, 2.05) is 5.38 Å². The molecule has 3 aromatic rings. The number of ether oxygens (including phenoxy) is 1. The molecule has 170 valence electrons. The fourth-order valence-corrected chi connectivity index (χ4v) is 5.33. The van der Waals surface area contributed by atoms with E-state index in [0.717, 1.165) is 12.0 Å². The van der Waals surface area contributed by atoms with Crippen molar-refractivity contribution in [2.75, 3.05) is 23.0 Å². The van der Waals surface area contributed by atoms with Crippen molar-refractivity contribution in [2.24, 2.45) is 5.92 Å². The molecular formula is C21H23FN4O3S3. The van der Waals surface area contributed by atoms with Crippen LogP contribution >= 0.6 is 34.4 Å². The van der Waals surface area contributed by atoms with Gasteiger partial charge in [0.25, 0.3) is 0 Å². The van der Waals surface area contributed by atoms with Crippen LogP contribution in [0.1, 0.15) is 36.7 Å². The number of thiophene rings is 1. The van der Waals surface area contributed by atoms with Crippen molar-refractivity contribution < 1.29 is 18.7 Å². The van der Waals surface area contributed by atoms with Gasteiger partial charge in [-0.05, 0) is 42.3 Å². The smallest absolute Gasteiger partial charge is 0.341 e. The lowest BCUT2D eigenvalue weighted by Crippen LogP contribution is -2.17. The van der Waals surface area contributed by atoms with E-state index in [1.54, 1.807) is 25.1 Å². The molecule has 32 heavy (non-hydrogen) atoms. The van der Waals surface area contributed by atoms with E-state index < -0.39 is 5.97 Å². The van der Waals surface area contributed by atoms with Crippen molar-refractivity contribution in [1.29, 1.82) is 0 Å². The number of para-hydroxylation sites is 1. The number of nitrogens with zero attached hydrogens (tertiary/aromatic N) is 2. The predicted molar refractivity (Wildman–Crippen MR) is 128 cm³/mol. The van der Waals surface area contributed by atoms with Gasteiger partial charge in [0.2, 0.25) is 11.0 Å². The second-order valence-corrected chi connectivity index (χ2v) is 10.2. The molecule has 2 N–H and O–H groups in total. The molecule has 0 spiro atoms. The second-order valence-electron chi connectivity index (χ2n) is 7.10. The lowest BCUT2D eigenvalue weighted by Gasteiger charge is -2.09. The average Bonchev–Trinajstić information content (AvgIpc) is 3.35. The Morgan fingerprint density at radius 2 is 2.03 bits per heavy atom. The molecule has 0 bridgehead atoms. The maximum absolute atomic E-state index is 13.8. The summed E-state index contributed by atoms with van der Waals surface area (Å²) in [4.78, 5) is 25.0. The molecule has 2 heterocycles. The molecule has 2 aromatic heterocycles. The Morgan fingerprint density at radius 1 is 1.25 bits per heavy atom. The van der Waals surface area contributed by atoms with Crippen LogP contribution < -0.4 is 10.6 Å². The summed E-state index contributed by atoms with van der Waals surface area (Å²) in [5, 5.41) is 16.5. The third kappa shape index (κ3) is 6.50. The summed E-state index contributed by atoms with van der Waals surface area (Å²) in [6, 6.07) is 6.28. The minimum absolute atomic E-state index is 0.0913. The highest BCUT2D eigenvalue weighted by Gasteiger charge is 2.22. The van der Waals surface area contributed by atoms with Gasteiger partial charge in [-0.1, -0.05) is 49.1 Å². The number of esters is 1. The van der Waals surface area contributed by atoms with E-state index >= 15 is 0 Å². The number of hydrogen-bond donors (Lipinski definition) is 2. The van der Waals surface area contributed by atoms with Crippen LogP contribution in [0.3, 0.4) is 0 Å². The minimum Gasteiger partial charge on any atom is -0.462 e. The molecule has 1 aromatic carbocycles. The summed E-state index contributed by atoms with van der Waals surface area (Å²) in [6.07, 6.45) is 0.720. The zero-order valence-corrected chi connectivity index (χ0v) is 20.3. The van der Waals surface area contributed by atoms with E-state index in [1.165, 1.54) is 40.5 Å². The number of aromatic nitrogens is 2. The normalized spacial score (nSPS) is 10.9. The van der Waals surface area contributed by atoms with Crippen molar-refractivity contribution in [2.45, 2.75) is 31.5 Å². The van der Waals surface area contributed by atoms with Crippen LogP contribution in [0.4, 0.5) is 20.2 Å². The van der Waals surface area contributed by atoms with Gasteiger partial charge in [-0.15, -0.1) is 21.5 Å². The van der Waals surface area contributed by atoms with Crippen molar-refractivity contribution in [3.63, 3.8) is 0 Å². The van der Waals surface area contributed by atoms with Crippen molar-refractivity contribution >= 4 is 62.1 Å². The second kappa shape index (κ2) is 11.4. The van der Waals surface area contributed by atoms with Gasteiger partial charge in [0.15, 0.2) is 4.34 Å². The highest BCUT2D eigenvalue weighted by Crippen LogP contribution is 2.32. The van der Waals surface area contributed by atoms with Crippen LogP contribution in [0.15, 0.2) is 34.0 Å². The first kappa shape index (κ1) is 24.1. The van der Waals surface area contributed by atoms with E-state index in [0.29, 0.717) is 31.6 Å². The molecule has 11 heteroatoms. The zero-order chi connectivity index (χ0) is 23.1. The molecular weight excluding hydrogens is 471 g/mol. The lowest BCUT2D eigenvalue weighted by atomic mass is 10.0. The Balaban J connectivity index is 1.60. The Hall–Kier alpha value is -2.50. The number of thioether (sulfide) groups is 1. The van der Waals surface area contributed by atoms with Gasteiger partial charge in [-0.25, -0.2) is 9.18 Å². The molecule has 0 saturated heterocycles. The number of halogens is 1. The Labute approximate surface area is 197 Å². The molecule has 0 aliphatic rings. The number of amides is 1. The summed E-state index contributed by atoms with van der Waals surface area (Å²) in [7, 11) is 0.